The summed E-state index contributed by atoms with van der Waals surface area (Å²) in [6.45, 7) is 0. The van der Waals surface area contributed by atoms with Crippen molar-refractivity contribution in [1.82, 2.24) is 4.57 Å². The molecular weight excluding hydrogens is 164 g/mol. The van der Waals surface area contributed by atoms with Crippen molar-refractivity contribution in [3.63, 3.8) is 0 Å². The summed E-state index contributed by atoms with van der Waals surface area (Å²) in [4.78, 5) is 11.6. The van der Waals surface area contributed by atoms with E-state index in [-0.39, 0.29) is 5.56 Å². The van der Waals surface area contributed by atoms with Gasteiger partial charge < -0.3 is 10.3 Å². The van der Waals surface area contributed by atoms with Gasteiger partial charge in [0.15, 0.2) is 0 Å². The molecule has 0 unspecified atom stereocenters. The zero-order valence-corrected chi connectivity index (χ0v) is 7.32. The van der Waals surface area contributed by atoms with Crippen LogP contribution in [0.25, 0.3) is 10.8 Å². The number of rotatable bonds is 0. The van der Waals surface area contributed by atoms with Gasteiger partial charge in [-0.25, -0.2) is 0 Å². The zero-order chi connectivity index (χ0) is 9.42. The zero-order valence-electron chi connectivity index (χ0n) is 7.32. The Morgan fingerprint density at radius 2 is 1.85 bits per heavy atom. The molecule has 0 radical (unpaired) electrons. The fraction of sp³-hybridized carbons (Fsp3) is 0.100. The summed E-state index contributed by atoms with van der Waals surface area (Å²) in [5.41, 5.74) is 6.39. The molecule has 0 saturated heterocycles. The highest BCUT2D eigenvalue weighted by atomic mass is 16.1. The van der Waals surface area contributed by atoms with Crippen LogP contribution in [0, 0.1) is 0 Å². The van der Waals surface area contributed by atoms with Crippen molar-refractivity contribution in [3.05, 3.63) is 40.8 Å². The van der Waals surface area contributed by atoms with Gasteiger partial charge in [-0.15, -0.1) is 0 Å². The third-order valence-corrected chi connectivity index (χ3v) is 2.12. The van der Waals surface area contributed by atoms with Crippen LogP contribution in [0.5, 0.6) is 0 Å². The molecule has 3 heteroatoms. The normalized spacial score (nSPS) is 10.5. The van der Waals surface area contributed by atoms with Crippen LogP contribution in [0.15, 0.2) is 35.3 Å². The van der Waals surface area contributed by atoms with E-state index >= 15 is 0 Å². The number of aromatic nitrogens is 1. The van der Waals surface area contributed by atoms with Crippen molar-refractivity contribution in [1.29, 1.82) is 0 Å². The Balaban J connectivity index is 3.06. The molecule has 2 rings (SSSR count). The van der Waals surface area contributed by atoms with Crippen LogP contribution < -0.4 is 11.3 Å². The average molecular weight is 174 g/mol. The first-order chi connectivity index (χ1) is 6.20. The molecule has 13 heavy (non-hydrogen) atoms. The molecule has 3 nitrogen and oxygen atoms in total. The van der Waals surface area contributed by atoms with Crippen LogP contribution in [-0.2, 0) is 7.05 Å². The van der Waals surface area contributed by atoms with Crippen molar-refractivity contribution in [2.45, 2.75) is 0 Å². The Morgan fingerprint density at radius 3 is 2.54 bits per heavy atom. The minimum atomic E-state index is -0.00944. The maximum atomic E-state index is 11.6. The molecule has 66 valence electrons. The topological polar surface area (TPSA) is 48.0 Å². The number of nitrogen functional groups attached to an aromatic ring is 1. The van der Waals surface area contributed by atoms with E-state index in [1.165, 1.54) is 4.57 Å². The van der Waals surface area contributed by atoms with Gasteiger partial charge in [-0.2, -0.15) is 0 Å². The van der Waals surface area contributed by atoms with E-state index in [9.17, 15) is 4.79 Å². The summed E-state index contributed by atoms with van der Waals surface area (Å²) in [5.74, 6) is 0. The molecule has 0 atom stereocenters. The number of nitrogens with two attached hydrogens (primary N) is 1. The molecule has 2 N–H and O–H groups in total. The van der Waals surface area contributed by atoms with E-state index in [0.717, 1.165) is 5.39 Å². The van der Waals surface area contributed by atoms with Gasteiger partial charge in [0, 0.05) is 24.0 Å². The molecule has 0 saturated carbocycles. The lowest BCUT2D eigenvalue weighted by Crippen LogP contribution is -2.16. The largest absolute Gasteiger partial charge is 0.397 e. The summed E-state index contributed by atoms with van der Waals surface area (Å²) >= 11 is 0. The van der Waals surface area contributed by atoms with Crippen LogP contribution >= 0.6 is 0 Å². The highest BCUT2D eigenvalue weighted by molar-refractivity contribution is 5.91. The highest BCUT2D eigenvalue weighted by Crippen LogP contribution is 2.15. The average Bonchev–Trinajstić information content (AvgIpc) is 2.15. The second-order valence-corrected chi connectivity index (χ2v) is 3.05. The highest BCUT2D eigenvalue weighted by Gasteiger charge is 2.02. The maximum Gasteiger partial charge on any atom is 0.258 e. The lowest BCUT2D eigenvalue weighted by molar-refractivity contribution is 0.875. The predicted molar refractivity (Wildman–Crippen MR) is 53.6 cm³/mol. The molecule has 1 aromatic carbocycles. The van der Waals surface area contributed by atoms with Crippen molar-refractivity contribution in [3.8, 4) is 0 Å². The summed E-state index contributed by atoms with van der Waals surface area (Å²) in [5, 5.41) is 1.50. The fourth-order valence-electron chi connectivity index (χ4n) is 1.45. The molecule has 0 amide bonds. The Kier molecular flexibility index (Phi) is 1.59. The van der Waals surface area contributed by atoms with E-state index < -0.39 is 0 Å². The first-order valence-corrected chi connectivity index (χ1v) is 4.04. The predicted octanol–water partition coefficient (Wildman–Crippen LogP) is 1.12. The lowest BCUT2D eigenvalue weighted by Gasteiger charge is -2.03. The van der Waals surface area contributed by atoms with E-state index in [0.29, 0.717) is 11.1 Å². The van der Waals surface area contributed by atoms with Gasteiger partial charge in [0.1, 0.15) is 0 Å². The summed E-state index contributed by atoms with van der Waals surface area (Å²) in [6.07, 6.45) is 1.64. The van der Waals surface area contributed by atoms with Gasteiger partial charge in [0.25, 0.3) is 5.56 Å². The first-order valence-electron chi connectivity index (χ1n) is 4.04. The lowest BCUT2D eigenvalue weighted by atomic mass is 10.1. The van der Waals surface area contributed by atoms with Crippen LogP contribution in [0.3, 0.4) is 0 Å². The molecule has 1 aromatic heterocycles. The van der Waals surface area contributed by atoms with Crippen molar-refractivity contribution >= 4 is 16.5 Å². The molecule has 0 fully saturated rings. The minimum Gasteiger partial charge on any atom is -0.397 e. The van der Waals surface area contributed by atoms with E-state index in [1.54, 1.807) is 19.3 Å². The van der Waals surface area contributed by atoms with Gasteiger partial charge in [-0.3, -0.25) is 4.79 Å². The van der Waals surface area contributed by atoms with Gasteiger partial charge >= 0.3 is 0 Å². The number of fused-ring (bicyclic) bond motifs is 1. The number of aryl methyl sites for hydroxylation is 1. The van der Waals surface area contributed by atoms with Crippen LogP contribution in [0.4, 0.5) is 5.69 Å². The number of nitrogens with zero attached hydrogens (tertiary/aromatic N) is 1. The minimum absolute atomic E-state index is 0.00944. The van der Waals surface area contributed by atoms with Gasteiger partial charge in [-0.1, -0.05) is 18.2 Å². The molecule has 2 aromatic rings. The number of anilines is 1. The number of benzene rings is 1. The fourth-order valence-corrected chi connectivity index (χ4v) is 1.45. The third-order valence-electron chi connectivity index (χ3n) is 2.12. The SMILES string of the molecule is Cn1cc(N)c2ccccc2c1=O. The Bertz CT molecular complexity index is 514. The van der Waals surface area contributed by atoms with Crippen molar-refractivity contribution in [2.24, 2.45) is 7.05 Å². The van der Waals surface area contributed by atoms with Crippen molar-refractivity contribution in [2.75, 3.05) is 5.73 Å². The van der Waals surface area contributed by atoms with E-state index in [1.807, 2.05) is 18.2 Å². The first kappa shape index (κ1) is 7.86. The molecule has 0 bridgehead atoms. The summed E-state index contributed by atoms with van der Waals surface area (Å²) in [6, 6.07) is 7.35. The maximum absolute atomic E-state index is 11.6. The second kappa shape index (κ2) is 2.62. The summed E-state index contributed by atoms with van der Waals surface area (Å²) < 4.78 is 1.50. The summed E-state index contributed by atoms with van der Waals surface area (Å²) in [7, 11) is 1.70. The van der Waals surface area contributed by atoms with Gasteiger partial charge in [0.05, 0.1) is 5.69 Å². The molecule has 1 heterocycles. The Hall–Kier alpha value is -1.77. The number of hydrogen-bond donors (Lipinski definition) is 1. The number of hydrogen-bond acceptors (Lipinski definition) is 2. The van der Waals surface area contributed by atoms with Gasteiger partial charge in [0.2, 0.25) is 0 Å². The quantitative estimate of drug-likeness (QED) is 0.650. The Morgan fingerprint density at radius 1 is 1.23 bits per heavy atom. The molecule has 0 aliphatic heterocycles. The molecule has 0 aliphatic carbocycles. The van der Waals surface area contributed by atoms with Crippen LogP contribution in [0.1, 0.15) is 0 Å². The standard InChI is InChI=1S/C10H10N2O/c1-12-6-9(11)7-4-2-3-5-8(7)10(12)13/h2-6H,11H2,1H3. The smallest absolute Gasteiger partial charge is 0.258 e. The van der Waals surface area contributed by atoms with Gasteiger partial charge in [-0.05, 0) is 6.07 Å². The number of pyridine rings is 1. The van der Waals surface area contributed by atoms with E-state index in [2.05, 4.69) is 0 Å². The van der Waals surface area contributed by atoms with Crippen LogP contribution in [-0.4, -0.2) is 4.57 Å². The van der Waals surface area contributed by atoms with Crippen molar-refractivity contribution < 1.29 is 0 Å². The van der Waals surface area contributed by atoms with Crippen LogP contribution in [0.2, 0.25) is 0 Å². The second-order valence-electron chi connectivity index (χ2n) is 3.05. The Labute approximate surface area is 75.4 Å². The molecular formula is C10H10N2O. The molecule has 0 aliphatic rings. The monoisotopic (exact) mass is 174 g/mol. The van der Waals surface area contributed by atoms with E-state index in [4.69, 9.17) is 5.73 Å². The molecule has 0 spiro atoms. The third kappa shape index (κ3) is 1.09.